The Morgan fingerprint density at radius 1 is 1.37 bits per heavy atom. The summed E-state index contributed by atoms with van der Waals surface area (Å²) >= 11 is 0. The normalized spacial score (nSPS) is 12.1. The first kappa shape index (κ1) is 14.8. The molecule has 0 aliphatic carbocycles. The molecular formula is C14H17NO4. The lowest BCUT2D eigenvalue weighted by Gasteiger charge is -2.12. The van der Waals surface area contributed by atoms with Gasteiger partial charge in [-0.15, -0.1) is 0 Å². The standard InChI is InChI=1S/C14H17NO4/c1-2-3-9-12(13(16)17)15-14(18)19-10-11-7-5-4-6-8-11/h2-8,12H,9-10H2,1H3,(H,15,18)(H,16,17)/t12-/m0/s1. The topological polar surface area (TPSA) is 75.6 Å². The maximum absolute atomic E-state index is 11.5. The molecule has 0 saturated carbocycles. The molecule has 1 amide bonds. The summed E-state index contributed by atoms with van der Waals surface area (Å²) in [4.78, 5) is 22.4. The van der Waals surface area contributed by atoms with Crippen molar-refractivity contribution in [3.8, 4) is 0 Å². The summed E-state index contributed by atoms with van der Waals surface area (Å²) in [5.41, 5.74) is 0.845. The number of carbonyl (C=O) groups excluding carboxylic acids is 1. The van der Waals surface area contributed by atoms with Gasteiger partial charge in [0.1, 0.15) is 12.6 Å². The molecule has 0 spiro atoms. The highest BCUT2D eigenvalue weighted by Gasteiger charge is 2.18. The lowest BCUT2D eigenvalue weighted by atomic mass is 10.2. The summed E-state index contributed by atoms with van der Waals surface area (Å²) in [5.74, 6) is -1.09. The Labute approximate surface area is 111 Å². The molecular weight excluding hydrogens is 246 g/mol. The molecule has 1 aromatic rings. The zero-order valence-electron chi connectivity index (χ0n) is 10.7. The molecule has 0 heterocycles. The lowest BCUT2D eigenvalue weighted by molar-refractivity contribution is -0.139. The minimum atomic E-state index is -1.09. The van der Waals surface area contributed by atoms with Gasteiger partial charge >= 0.3 is 12.1 Å². The van der Waals surface area contributed by atoms with Crippen LogP contribution in [0.3, 0.4) is 0 Å². The molecule has 0 fully saturated rings. The predicted molar refractivity (Wildman–Crippen MR) is 70.6 cm³/mol. The number of carboxylic acid groups (broad SMARTS) is 1. The summed E-state index contributed by atoms with van der Waals surface area (Å²) in [6.07, 6.45) is 2.90. The van der Waals surface area contributed by atoms with Gasteiger partial charge < -0.3 is 15.2 Å². The number of carbonyl (C=O) groups is 2. The summed E-state index contributed by atoms with van der Waals surface area (Å²) in [6, 6.07) is 8.20. The van der Waals surface area contributed by atoms with Crippen molar-refractivity contribution in [1.29, 1.82) is 0 Å². The van der Waals surface area contributed by atoms with Gasteiger partial charge in [0.2, 0.25) is 0 Å². The van der Waals surface area contributed by atoms with Crippen LogP contribution in [0.25, 0.3) is 0 Å². The van der Waals surface area contributed by atoms with E-state index in [1.165, 1.54) is 0 Å². The third-order valence-electron chi connectivity index (χ3n) is 2.41. The second-order valence-electron chi connectivity index (χ2n) is 3.90. The minimum absolute atomic E-state index is 0.114. The highest BCUT2D eigenvalue weighted by atomic mass is 16.5. The number of aliphatic carboxylic acids is 1. The smallest absolute Gasteiger partial charge is 0.408 e. The second-order valence-corrected chi connectivity index (χ2v) is 3.90. The molecule has 5 nitrogen and oxygen atoms in total. The predicted octanol–water partition coefficient (Wildman–Crippen LogP) is 2.33. The second kappa shape index (κ2) is 7.92. The van der Waals surface area contributed by atoms with Gasteiger partial charge in [-0.3, -0.25) is 0 Å². The molecule has 0 radical (unpaired) electrons. The number of amides is 1. The number of hydrogen-bond donors (Lipinski definition) is 2. The monoisotopic (exact) mass is 263 g/mol. The largest absolute Gasteiger partial charge is 0.480 e. The van der Waals surface area contributed by atoms with Crippen molar-refractivity contribution in [3.05, 3.63) is 48.0 Å². The molecule has 1 aromatic carbocycles. The maximum Gasteiger partial charge on any atom is 0.408 e. The average molecular weight is 263 g/mol. The molecule has 0 aromatic heterocycles. The number of allylic oxidation sites excluding steroid dienone is 1. The highest BCUT2D eigenvalue weighted by molar-refractivity contribution is 5.80. The van der Waals surface area contributed by atoms with Crippen LogP contribution in [0, 0.1) is 0 Å². The average Bonchev–Trinajstić information content (AvgIpc) is 2.42. The number of nitrogens with one attached hydrogen (secondary N) is 1. The van der Waals surface area contributed by atoms with Crippen LogP contribution in [0.5, 0.6) is 0 Å². The van der Waals surface area contributed by atoms with E-state index in [1.807, 2.05) is 30.3 Å². The number of hydrogen-bond acceptors (Lipinski definition) is 3. The van der Waals surface area contributed by atoms with Gasteiger partial charge in [0.15, 0.2) is 0 Å². The quantitative estimate of drug-likeness (QED) is 0.772. The van der Waals surface area contributed by atoms with E-state index >= 15 is 0 Å². The van der Waals surface area contributed by atoms with Gasteiger partial charge in [-0.1, -0.05) is 42.5 Å². The fourth-order valence-corrected chi connectivity index (χ4v) is 1.40. The fraction of sp³-hybridized carbons (Fsp3) is 0.286. The third kappa shape index (κ3) is 5.72. The number of alkyl carbamates (subject to hydrolysis) is 1. The van der Waals surface area contributed by atoms with E-state index in [1.54, 1.807) is 19.1 Å². The van der Waals surface area contributed by atoms with Crippen LogP contribution in [0.1, 0.15) is 18.9 Å². The molecule has 102 valence electrons. The zero-order valence-corrected chi connectivity index (χ0v) is 10.7. The molecule has 0 aliphatic heterocycles. The molecule has 2 N–H and O–H groups in total. The Balaban J connectivity index is 2.42. The van der Waals surface area contributed by atoms with E-state index in [2.05, 4.69) is 5.32 Å². The fourth-order valence-electron chi connectivity index (χ4n) is 1.40. The van der Waals surface area contributed by atoms with E-state index in [4.69, 9.17) is 9.84 Å². The van der Waals surface area contributed by atoms with Crippen LogP contribution in [-0.4, -0.2) is 23.2 Å². The van der Waals surface area contributed by atoms with Crippen LogP contribution in [0.4, 0.5) is 4.79 Å². The molecule has 0 aliphatic rings. The SMILES string of the molecule is CC=CC[C@H](NC(=O)OCc1ccccc1)C(=O)O. The Bertz CT molecular complexity index is 442. The summed E-state index contributed by atoms with van der Waals surface area (Å²) < 4.78 is 4.95. The minimum Gasteiger partial charge on any atom is -0.480 e. The lowest BCUT2D eigenvalue weighted by Crippen LogP contribution is -2.40. The van der Waals surface area contributed by atoms with Crippen LogP contribution in [-0.2, 0) is 16.1 Å². The van der Waals surface area contributed by atoms with Crippen molar-refractivity contribution < 1.29 is 19.4 Å². The Hall–Kier alpha value is -2.30. The number of rotatable bonds is 6. The van der Waals surface area contributed by atoms with Crippen LogP contribution in [0.15, 0.2) is 42.5 Å². The third-order valence-corrected chi connectivity index (χ3v) is 2.41. The van der Waals surface area contributed by atoms with Gasteiger partial charge in [-0.05, 0) is 18.9 Å². The highest BCUT2D eigenvalue weighted by Crippen LogP contribution is 2.01. The van der Waals surface area contributed by atoms with Crippen molar-refractivity contribution in [2.45, 2.75) is 26.0 Å². The first-order valence-corrected chi connectivity index (χ1v) is 5.94. The van der Waals surface area contributed by atoms with Gasteiger partial charge in [-0.25, -0.2) is 9.59 Å². The molecule has 1 atom stereocenters. The van der Waals surface area contributed by atoms with Crippen LogP contribution >= 0.6 is 0 Å². The van der Waals surface area contributed by atoms with Gasteiger partial charge in [0, 0.05) is 0 Å². The molecule has 0 saturated heterocycles. The van der Waals surface area contributed by atoms with E-state index in [-0.39, 0.29) is 13.0 Å². The first-order chi connectivity index (χ1) is 9.13. The Morgan fingerprint density at radius 3 is 2.63 bits per heavy atom. The first-order valence-electron chi connectivity index (χ1n) is 5.94. The van der Waals surface area contributed by atoms with Gasteiger partial charge in [-0.2, -0.15) is 0 Å². The van der Waals surface area contributed by atoms with Crippen molar-refractivity contribution in [2.24, 2.45) is 0 Å². The van der Waals surface area contributed by atoms with Crippen molar-refractivity contribution in [2.75, 3.05) is 0 Å². The van der Waals surface area contributed by atoms with Crippen molar-refractivity contribution in [1.82, 2.24) is 5.32 Å². The van der Waals surface area contributed by atoms with E-state index in [9.17, 15) is 9.59 Å². The van der Waals surface area contributed by atoms with Gasteiger partial charge in [0.05, 0.1) is 0 Å². The van der Waals surface area contributed by atoms with Crippen LogP contribution in [0.2, 0.25) is 0 Å². The van der Waals surface area contributed by atoms with E-state index < -0.39 is 18.1 Å². The van der Waals surface area contributed by atoms with Gasteiger partial charge in [0.25, 0.3) is 0 Å². The molecule has 1 rings (SSSR count). The molecule has 0 unspecified atom stereocenters. The number of carboxylic acids is 1. The van der Waals surface area contributed by atoms with Crippen molar-refractivity contribution in [3.63, 3.8) is 0 Å². The Morgan fingerprint density at radius 2 is 2.05 bits per heavy atom. The molecule has 5 heteroatoms. The summed E-state index contributed by atoms with van der Waals surface area (Å²) in [5, 5.41) is 11.2. The van der Waals surface area contributed by atoms with E-state index in [0.717, 1.165) is 5.56 Å². The summed E-state index contributed by atoms with van der Waals surface area (Å²) in [7, 11) is 0. The molecule has 0 bridgehead atoms. The maximum atomic E-state index is 11.5. The Kier molecular flexibility index (Phi) is 6.15. The van der Waals surface area contributed by atoms with E-state index in [0.29, 0.717) is 0 Å². The number of ether oxygens (including phenoxy) is 1. The van der Waals surface area contributed by atoms with Crippen LogP contribution < -0.4 is 5.32 Å². The molecule has 19 heavy (non-hydrogen) atoms. The zero-order chi connectivity index (χ0) is 14.1. The van der Waals surface area contributed by atoms with Crippen molar-refractivity contribution >= 4 is 12.1 Å². The summed E-state index contributed by atoms with van der Waals surface area (Å²) in [6.45, 7) is 1.90. The number of benzene rings is 1.